The van der Waals surface area contributed by atoms with Gasteiger partial charge in [-0.15, -0.1) is 0 Å². The van der Waals surface area contributed by atoms with Crippen molar-refractivity contribution in [2.24, 2.45) is 0 Å². The van der Waals surface area contributed by atoms with E-state index in [1.165, 1.54) is 4.90 Å². The molecule has 1 aromatic carbocycles. The zero-order valence-corrected chi connectivity index (χ0v) is 11.9. The first-order valence-corrected chi connectivity index (χ1v) is 6.41. The second kappa shape index (κ2) is 7.37. The Kier molecular flexibility index (Phi) is 5.83. The number of methoxy groups -OCH3 is 1. The van der Waals surface area contributed by atoms with E-state index in [4.69, 9.17) is 9.84 Å². The van der Waals surface area contributed by atoms with Crippen LogP contribution >= 0.6 is 0 Å². The number of urea groups is 1. The molecular weight excluding hydrogens is 260 g/mol. The molecule has 1 rings (SSSR count). The molecule has 0 spiro atoms. The maximum Gasteiger partial charge on any atom is 0.323 e. The van der Waals surface area contributed by atoms with Gasteiger partial charge in [-0.25, -0.2) is 4.79 Å². The van der Waals surface area contributed by atoms with Crippen LogP contribution in [-0.2, 0) is 4.79 Å². The van der Waals surface area contributed by atoms with E-state index >= 15 is 0 Å². The minimum absolute atomic E-state index is 0.149. The first-order chi connectivity index (χ1) is 9.47. The molecule has 0 aliphatic carbocycles. The number of rotatable bonds is 6. The molecule has 1 atom stereocenters. The van der Waals surface area contributed by atoms with Crippen molar-refractivity contribution in [1.29, 1.82) is 0 Å². The minimum Gasteiger partial charge on any atom is -0.497 e. The molecule has 0 fully saturated rings. The van der Waals surface area contributed by atoms with E-state index in [1.807, 2.05) is 13.8 Å². The van der Waals surface area contributed by atoms with Crippen LogP contribution in [0.3, 0.4) is 0 Å². The first kappa shape index (κ1) is 15.8. The van der Waals surface area contributed by atoms with E-state index in [-0.39, 0.29) is 12.6 Å². The topological polar surface area (TPSA) is 78.9 Å². The van der Waals surface area contributed by atoms with Crippen LogP contribution in [0.1, 0.15) is 20.3 Å². The molecule has 1 aromatic rings. The van der Waals surface area contributed by atoms with Crippen LogP contribution in [0.2, 0.25) is 0 Å². The van der Waals surface area contributed by atoms with Crippen molar-refractivity contribution in [2.45, 2.75) is 26.3 Å². The second-order valence-electron chi connectivity index (χ2n) is 4.44. The molecule has 6 nitrogen and oxygen atoms in total. The number of carboxylic acids is 1. The number of carbonyl (C=O) groups is 2. The molecular formula is C14H20N2O4. The standard InChI is InChI=1S/C14H20N2O4/c1-4-10(2)16(9-13(17)18)14(19)15-11-5-7-12(20-3)8-6-11/h5-8,10H,4,9H2,1-3H3,(H,15,19)(H,17,18). The van der Waals surface area contributed by atoms with E-state index in [0.717, 1.165) is 0 Å². The molecule has 20 heavy (non-hydrogen) atoms. The number of carboxylic acid groups (broad SMARTS) is 1. The van der Waals surface area contributed by atoms with Gasteiger partial charge in [0.15, 0.2) is 0 Å². The number of anilines is 1. The van der Waals surface area contributed by atoms with E-state index in [0.29, 0.717) is 17.9 Å². The van der Waals surface area contributed by atoms with Crippen molar-refractivity contribution < 1.29 is 19.4 Å². The summed E-state index contributed by atoms with van der Waals surface area (Å²) in [6, 6.07) is 6.27. The molecule has 0 aliphatic rings. The molecule has 6 heteroatoms. The van der Waals surface area contributed by atoms with E-state index in [2.05, 4.69) is 5.32 Å². The quantitative estimate of drug-likeness (QED) is 0.838. The van der Waals surface area contributed by atoms with Gasteiger partial charge in [0.2, 0.25) is 0 Å². The van der Waals surface area contributed by atoms with E-state index in [9.17, 15) is 9.59 Å². The highest BCUT2D eigenvalue weighted by molar-refractivity contribution is 5.91. The molecule has 0 aliphatic heterocycles. The van der Waals surface area contributed by atoms with Crippen molar-refractivity contribution in [2.75, 3.05) is 19.0 Å². The Bertz CT molecular complexity index is 459. The van der Waals surface area contributed by atoms with Crippen molar-refractivity contribution in [3.05, 3.63) is 24.3 Å². The summed E-state index contributed by atoms with van der Waals surface area (Å²) < 4.78 is 5.03. The predicted molar refractivity (Wildman–Crippen MR) is 76.1 cm³/mol. The first-order valence-electron chi connectivity index (χ1n) is 6.41. The van der Waals surface area contributed by atoms with Gasteiger partial charge < -0.3 is 20.1 Å². The van der Waals surface area contributed by atoms with Gasteiger partial charge in [-0.05, 0) is 37.6 Å². The third-order valence-corrected chi connectivity index (χ3v) is 3.03. The lowest BCUT2D eigenvalue weighted by molar-refractivity contribution is -0.138. The molecule has 0 heterocycles. The SMILES string of the molecule is CCC(C)N(CC(=O)O)C(=O)Nc1ccc(OC)cc1. The third-order valence-electron chi connectivity index (χ3n) is 3.03. The Labute approximate surface area is 118 Å². The fourth-order valence-corrected chi connectivity index (χ4v) is 1.66. The zero-order chi connectivity index (χ0) is 15.1. The number of nitrogens with one attached hydrogen (secondary N) is 1. The molecule has 110 valence electrons. The minimum atomic E-state index is -1.03. The molecule has 0 saturated heterocycles. The van der Waals surface area contributed by atoms with Crippen LogP contribution in [0.25, 0.3) is 0 Å². The number of hydrogen-bond donors (Lipinski definition) is 2. The van der Waals surface area contributed by atoms with Crippen LogP contribution in [0.15, 0.2) is 24.3 Å². The normalized spacial score (nSPS) is 11.6. The summed E-state index contributed by atoms with van der Waals surface area (Å²) in [5.41, 5.74) is 0.592. The Morgan fingerprint density at radius 2 is 1.95 bits per heavy atom. The van der Waals surface area contributed by atoms with Crippen molar-refractivity contribution in [3.8, 4) is 5.75 Å². The smallest absolute Gasteiger partial charge is 0.323 e. The summed E-state index contributed by atoms with van der Waals surface area (Å²) in [7, 11) is 1.56. The Hall–Kier alpha value is -2.24. The zero-order valence-electron chi connectivity index (χ0n) is 11.9. The summed E-state index contributed by atoms with van der Waals surface area (Å²) in [5.74, 6) is -0.345. The summed E-state index contributed by atoms with van der Waals surface area (Å²) in [6.07, 6.45) is 0.684. The average Bonchev–Trinajstić information content (AvgIpc) is 2.44. The molecule has 1 unspecified atom stereocenters. The van der Waals surface area contributed by atoms with Crippen LogP contribution < -0.4 is 10.1 Å². The largest absolute Gasteiger partial charge is 0.497 e. The van der Waals surface area contributed by atoms with E-state index < -0.39 is 12.0 Å². The lowest BCUT2D eigenvalue weighted by Gasteiger charge is -2.27. The number of carbonyl (C=O) groups excluding carboxylic acids is 1. The molecule has 0 aromatic heterocycles. The van der Waals surface area contributed by atoms with E-state index in [1.54, 1.807) is 31.4 Å². The highest BCUT2D eigenvalue weighted by Crippen LogP contribution is 2.16. The Balaban J connectivity index is 2.76. The number of hydrogen-bond acceptors (Lipinski definition) is 3. The number of ether oxygens (including phenoxy) is 1. The van der Waals surface area contributed by atoms with Gasteiger partial charge in [-0.2, -0.15) is 0 Å². The van der Waals surface area contributed by atoms with Gasteiger partial charge in [-0.3, -0.25) is 4.79 Å². The fraction of sp³-hybridized carbons (Fsp3) is 0.429. The van der Waals surface area contributed by atoms with Crippen molar-refractivity contribution >= 4 is 17.7 Å². The van der Waals surface area contributed by atoms with Crippen LogP contribution in [-0.4, -0.2) is 41.7 Å². The predicted octanol–water partition coefficient (Wildman–Crippen LogP) is 2.41. The van der Waals surface area contributed by atoms with Gasteiger partial charge in [0.25, 0.3) is 0 Å². The Morgan fingerprint density at radius 1 is 1.35 bits per heavy atom. The number of nitrogens with zero attached hydrogens (tertiary/aromatic N) is 1. The van der Waals surface area contributed by atoms with Gasteiger partial charge in [0, 0.05) is 11.7 Å². The number of aliphatic carboxylic acids is 1. The Morgan fingerprint density at radius 3 is 2.40 bits per heavy atom. The van der Waals surface area contributed by atoms with Crippen LogP contribution in [0, 0.1) is 0 Å². The van der Waals surface area contributed by atoms with Crippen molar-refractivity contribution in [1.82, 2.24) is 4.90 Å². The van der Waals surface area contributed by atoms with Gasteiger partial charge in [0.05, 0.1) is 7.11 Å². The highest BCUT2D eigenvalue weighted by Gasteiger charge is 2.21. The number of amides is 2. The molecule has 0 radical (unpaired) electrons. The summed E-state index contributed by atoms with van der Waals surface area (Å²) >= 11 is 0. The van der Waals surface area contributed by atoms with Crippen LogP contribution in [0.5, 0.6) is 5.75 Å². The van der Waals surface area contributed by atoms with Gasteiger partial charge in [0.1, 0.15) is 12.3 Å². The average molecular weight is 280 g/mol. The lowest BCUT2D eigenvalue weighted by Crippen LogP contribution is -2.44. The second-order valence-corrected chi connectivity index (χ2v) is 4.44. The van der Waals surface area contributed by atoms with Gasteiger partial charge in [-0.1, -0.05) is 6.92 Å². The summed E-state index contributed by atoms with van der Waals surface area (Å²) in [4.78, 5) is 24.3. The molecule has 0 bridgehead atoms. The highest BCUT2D eigenvalue weighted by atomic mass is 16.5. The van der Waals surface area contributed by atoms with Crippen molar-refractivity contribution in [3.63, 3.8) is 0 Å². The lowest BCUT2D eigenvalue weighted by atomic mass is 10.2. The summed E-state index contributed by atoms with van der Waals surface area (Å²) in [6.45, 7) is 3.40. The van der Waals surface area contributed by atoms with Crippen LogP contribution in [0.4, 0.5) is 10.5 Å². The maximum absolute atomic E-state index is 12.1. The molecule has 0 saturated carbocycles. The molecule has 2 N–H and O–H groups in total. The number of benzene rings is 1. The summed E-state index contributed by atoms with van der Waals surface area (Å²) in [5, 5.41) is 11.6. The molecule has 2 amide bonds. The third kappa shape index (κ3) is 4.46. The fourth-order valence-electron chi connectivity index (χ4n) is 1.66. The maximum atomic E-state index is 12.1. The van der Waals surface area contributed by atoms with Gasteiger partial charge >= 0.3 is 12.0 Å². The monoisotopic (exact) mass is 280 g/mol.